The van der Waals surface area contributed by atoms with E-state index in [-0.39, 0.29) is 11.8 Å². The van der Waals surface area contributed by atoms with Gasteiger partial charge in [0.1, 0.15) is 11.5 Å². The monoisotopic (exact) mass is 434 g/mol. The minimum atomic E-state index is -0.455. The third kappa shape index (κ3) is 4.28. The van der Waals surface area contributed by atoms with E-state index in [9.17, 15) is 4.79 Å². The first-order chi connectivity index (χ1) is 15.1. The molecule has 0 unspecified atom stereocenters. The Morgan fingerprint density at radius 2 is 1.58 bits per heavy atom. The smallest absolute Gasteiger partial charge is 0.244 e. The van der Waals surface area contributed by atoms with Crippen molar-refractivity contribution in [2.45, 2.75) is 11.8 Å². The van der Waals surface area contributed by atoms with Gasteiger partial charge >= 0.3 is 0 Å². The average molecular weight is 435 g/mol. The summed E-state index contributed by atoms with van der Waals surface area (Å²) in [4.78, 5) is 13.0. The van der Waals surface area contributed by atoms with Crippen molar-refractivity contribution in [2.24, 2.45) is 11.0 Å². The maximum absolute atomic E-state index is 13.0. The lowest BCUT2D eigenvalue weighted by atomic mass is 9.85. The Bertz CT molecular complexity index is 1060. The summed E-state index contributed by atoms with van der Waals surface area (Å²) in [5.41, 5.74) is 5.15. The summed E-state index contributed by atoms with van der Waals surface area (Å²) in [6.07, 6.45) is 2.28. The van der Waals surface area contributed by atoms with E-state index >= 15 is 0 Å². The first kappa shape index (κ1) is 20.9. The number of nitrogens with zero attached hydrogens (tertiary/aromatic N) is 1. The number of halogens is 1. The Kier molecular flexibility index (Phi) is 5.96. The highest BCUT2D eigenvalue weighted by molar-refractivity contribution is 6.30. The highest BCUT2D eigenvalue weighted by Gasteiger charge is 2.60. The van der Waals surface area contributed by atoms with Crippen LogP contribution in [0.5, 0.6) is 11.5 Å². The molecule has 158 valence electrons. The molecule has 31 heavy (non-hydrogen) atoms. The fraction of sp³-hybridized carbons (Fsp3) is 0.200. The number of rotatable bonds is 7. The van der Waals surface area contributed by atoms with Gasteiger partial charge in [-0.3, -0.25) is 4.79 Å². The largest absolute Gasteiger partial charge is 0.497 e. The highest BCUT2D eigenvalue weighted by atomic mass is 35.5. The molecule has 6 heteroatoms. The number of benzene rings is 3. The molecule has 0 aromatic heterocycles. The van der Waals surface area contributed by atoms with Gasteiger partial charge in [-0.2, -0.15) is 5.10 Å². The molecule has 3 aromatic carbocycles. The Balaban J connectivity index is 1.60. The van der Waals surface area contributed by atoms with Crippen LogP contribution >= 0.6 is 11.6 Å². The van der Waals surface area contributed by atoms with Crippen molar-refractivity contribution in [2.75, 3.05) is 14.2 Å². The number of amides is 1. The summed E-state index contributed by atoms with van der Waals surface area (Å²) < 4.78 is 10.8. The lowest BCUT2D eigenvalue weighted by Gasteiger charge is -2.20. The average Bonchev–Trinajstić information content (AvgIpc) is 3.58. The Hall–Kier alpha value is -3.31. The second-order valence-corrected chi connectivity index (χ2v) is 7.91. The van der Waals surface area contributed by atoms with E-state index in [2.05, 4.69) is 10.5 Å². The molecule has 0 heterocycles. The molecule has 1 N–H and O–H groups in total. The normalized spacial score (nSPS) is 16.7. The molecular formula is C25H23ClN2O3. The predicted molar refractivity (Wildman–Crippen MR) is 122 cm³/mol. The van der Waals surface area contributed by atoms with E-state index in [1.54, 1.807) is 32.6 Å². The number of carbonyl (C=O) groups is 1. The fourth-order valence-corrected chi connectivity index (χ4v) is 4.11. The van der Waals surface area contributed by atoms with Crippen molar-refractivity contribution in [1.29, 1.82) is 0 Å². The third-order valence-electron chi connectivity index (χ3n) is 5.71. The number of hydrogen-bond donors (Lipinski definition) is 1. The molecule has 1 atom stereocenters. The van der Waals surface area contributed by atoms with Gasteiger partial charge in [-0.15, -0.1) is 0 Å². The van der Waals surface area contributed by atoms with E-state index in [4.69, 9.17) is 21.1 Å². The summed E-state index contributed by atoms with van der Waals surface area (Å²) >= 11 is 5.90. The molecule has 1 fully saturated rings. The number of hydrazone groups is 1. The predicted octanol–water partition coefficient (Wildman–Crippen LogP) is 4.81. The van der Waals surface area contributed by atoms with Crippen LogP contribution in [0.2, 0.25) is 5.02 Å². The highest BCUT2D eigenvalue weighted by Crippen LogP contribution is 2.59. The summed E-state index contributed by atoms with van der Waals surface area (Å²) in [6.45, 7) is 0. The van der Waals surface area contributed by atoms with Crippen molar-refractivity contribution < 1.29 is 14.3 Å². The molecular weight excluding hydrogens is 412 g/mol. The van der Waals surface area contributed by atoms with Crippen LogP contribution in [0.3, 0.4) is 0 Å². The van der Waals surface area contributed by atoms with E-state index < -0.39 is 5.41 Å². The zero-order valence-corrected chi connectivity index (χ0v) is 18.1. The van der Waals surface area contributed by atoms with Crippen molar-refractivity contribution in [3.8, 4) is 11.5 Å². The molecule has 1 saturated carbocycles. The minimum absolute atomic E-state index is 0.129. The zero-order chi connectivity index (χ0) is 21.8. The van der Waals surface area contributed by atoms with Gasteiger partial charge in [0.05, 0.1) is 26.4 Å². The lowest BCUT2D eigenvalue weighted by Crippen LogP contribution is -2.25. The molecule has 4 rings (SSSR count). The topological polar surface area (TPSA) is 59.9 Å². The first-order valence-electron chi connectivity index (χ1n) is 9.94. The van der Waals surface area contributed by atoms with Crippen LogP contribution in [0.25, 0.3) is 0 Å². The maximum Gasteiger partial charge on any atom is 0.244 e. The van der Waals surface area contributed by atoms with Crippen LogP contribution in [-0.4, -0.2) is 26.3 Å². The molecule has 0 spiro atoms. The van der Waals surface area contributed by atoms with E-state index in [0.717, 1.165) is 28.2 Å². The molecule has 3 aromatic rings. The van der Waals surface area contributed by atoms with Crippen molar-refractivity contribution in [1.82, 2.24) is 5.43 Å². The standard InChI is InChI=1S/C25H23ClN2O3/c1-30-21-7-3-5-18(13-21)25(19-6-4-8-22(14-19)31-2)15-23(25)24(29)28-27-16-17-9-11-20(26)12-10-17/h3-14,16,23H,15H2,1-2H3,(H,28,29)/b27-16-/t23-/m0/s1. The minimum Gasteiger partial charge on any atom is -0.497 e. The number of nitrogens with one attached hydrogen (secondary N) is 1. The van der Waals surface area contributed by atoms with Crippen molar-refractivity contribution >= 4 is 23.7 Å². The molecule has 1 aliphatic rings. The Morgan fingerprint density at radius 3 is 2.13 bits per heavy atom. The van der Waals surface area contributed by atoms with Gasteiger partial charge in [0.2, 0.25) is 5.91 Å². The molecule has 1 amide bonds. The number of carbonyl (C=O) groups excluding carboxylic acids is 1. The number of methoxy groups -OCH3 is 2. The van der Waals surface area contributed by atoms with E-state index in [1.165, 1.54) is 0 Å². The third-order valence-corrected chi connectivity index (χ3v) is 5.96. The van der Waals surface area contributed by atoms with Crippen LogP contribution < -0.4 is 14.9 Å². The lowest BCUT2D eigenvalue weighted by molar-refractivity contribution is -0.122. The molecule has 0 radical (unpaired) electrons. The number of ether oxygens (including phenoxy) is 2. The molecule has 5 nitrogen and oxygen atoms in total. The molecule has 1 aliphatic carbocycles. The van der Waals surface area contributed by atoms with Gasteiger partial charge in [0.15, 0.2) is 0 Å². The summed E-state index contributed by atoms with van der Waals surface area (Å²) in [7, 11) is 3.28. The van der Waals surface area contributed by atoms with Gasteiger partial charge in [-0.05, 0) is 59.5 Å². The fourth-order valence-electron chi connectivity index (χ4n) is 3.98. The first-order valence-corrected chi connectivity index (χ1v) is 10.3. The second kappa shape index (κ2) is 8.82. The summed E-state index contributed by atoms with van der Waals surface area (Å²) in [6, 6.07) is 23.0. The van der Waals surface area contributed by atoms with Crippen LogP contribution in [0, 0.1) is 5.92 Å². The van der Waals surface area contributed by atoms with Crippen LogP contribution in [0.4, 0.5) is 0 Å². The van der Waals surface area contributed by atoms with Gasteiger partial charge in [0, 0.05) is 10.4 Å². The Morgan fingerprint density at radius 1 is 1.00 bits per heavy atom. The maximum atomic E-state index is 13.0. The molecule has 0 aliphatic heterocycles. The van der Waals surface area contributed by atoms with Crippen molar-refractivity contribution in [3.63, 3.8) is 0 Å². The molecule has 0 saturated heterocycles. The van der Waals surface area contributed by atoms with E-state index in [1.807, 2.05) is 60.7 Å². The van der Waals surface area contributed by atoms with Crippen LogP contribution in [0.15, 0.2) is 77.9 Å². The summed E-state index contributed by atoms with van der Waals surface area (Å²) in [5.74, 6) is 1.13. The van der Waals surface area contributed by atoms with E-state index in [0.29, 0.717) is 11.4 Å². The van der Waals surface area contributed by atoms with Crippen molar-refractivity contribution in [3.05, 3.63) is 94.5 Å². The Labute approximate surface area is 186 Å². The summed E-state index contributed by atoms with van der Waals surface area (Å²) in [5, 5.41) is 4.79. The second-order valence-electron chi connectivity index (χ2n) is 7.48. The molecule has 0 bridgehead atoms. The van der Waals surface area contributed by atoms with Crippen LogP contribution in [-0.2, 0) is 10.2 Å². The SMILES string of the molecule is COc1cccc(C2(c3cccc(OC)c3)C[C@H]2C(=O)N/N=C\c2ccc(Cl)cc2)c1. The zero-order valence-electron chi connectivity index (χ0n) is 17.3. The van der Waals surface area contributed by atoms with Gasteiger partial charge in [-0.1, -0.05) is 48.0 Å². The van der Waals surface area contributed by atoms with Gasteiger partial charge < -0.3 is 9.47 Å². The van der Waals surface area contributed by atoms with Crippen LogP contribution in [0.1, 0.15) is 23.1 Å². The quantitative estimate of drug-likeness (QED) is 0.428. The van der Waals surface area contributed by atoms with Gasteiger partial charge in [0.25, 0.3) is 0 Å². The van der Waals surface area contributed by atoms with Gasteiger partial charge in [-0.25, -0.2) is 5.43 Å². The number of hydrogen-bond acceptors (Lipinski definition) is 4.